The molecule has 3 unspecified atom stereocenters. The molecule has 0 bridgehead atoms. The van der Waals surface area contributed by atoms with E-state index in [0.717, 1.165) is 18.0 Å². The van der Waals surface area contributed by atoms with Crippen LogP contribution >= 0.6 is 11.8 Å². The number of ether oxygens (including phenoxy) is 2. The van der Waals surface area contributed by atoms with Crippen LogP contribution in [0.1, 0.15) is 13.3 Å². The predicted octanol–water partition coefficient (Wildman–Crippen LogP) is 2.31. The number of thioether (sulfide) groups is 1. The molecule has 1 aromatic carbocycles. The molecule has 2 aliphatic heterocycles. The van der Waals surface area contributed by atoms with Gasteiger partial charge in [0.2, 0.25) is 0 Å². The second kappa shape index (κ2) is 5.41. The smallest absolute Gasteiger partial charge is 0.161 e. The van der Waals surface area contributed by atoms with Crippen molar-refractivity contribution in [3.05, 3.63) is 24.3 Å². The fraction of sp³-hybridized carbons (Fsp3) is 0.571. The Morgan fingerprint density at radius 1 is 1.33 bits per heavy atom. The molecule has 1 N–H and O–H groups in total. The van der Waals surface area contributed by atoms with Crippen molar-refractivity contribution in [1.29, 1.82) is 0 Å². The zero-order chi connectivity index (χ0) is 12.4. The first-order chi connectivity index (χ1) is 8.83. The molecule has 1 saturated heterocycles. The SMILES string of the molecule is CC1SCCC1NCC1COc2ccccc2O1. The molecular formula is C14H19NO2S. The van der Waals surface area contributed by atoms with E-state index in [1.54, 1.807) is 0 Å². The number of hydrogen-bond donors (Lipinski definition) is 1. The topological polar surface area (TPSA) is 30.5 Å². The van der Waals surface area contributed by atoms with E-state index in [0.29, 0.717) is 17.9 Å². The summed E-state index contributed by atoms with van der Waals surface area (Å²) < 4.78 is 11.6. The third-order valence-corrected chi connectivity index (χ3v) is 4.88. The minimum absolute atomic E-state index is 0.123. The van der Waals surface area contributed by atoms with E-state index in [4.69, 9.17) is 9.47 Å². The summed E-state index contributed by atoms with van der Waals surface area (Å²) in [5.41, 5.74) is 0. The fourth-order valence-electron chi connectivity index (χ4n) is 2.45. The monoisotopic (exact) mass is 265 g/mol. The van der Waals surface area contributed by atoms with Gasteiger partial charge in [0.25, 0.3) is 0 Å². The fourth-order valence-corrected chi connectivity index (χ4v) is 3.67. The Labute approximate surface area is 112 Å². The number of hydrogen-bond acceptors (Lipinski definition) is 4. The summed E-state index contributed by atoms with van der Waals surface area (Å²) in [7, 11) is 0. The molecule has 0 spiro atoms. The van der Waals surface area contributed by atoms with Crippen molar-refractivity contribution in [3.8, 4) is 11.5 Å². The molecule has 2 heterocycles. The highest BCUT2D eigenvalue weighted by atomic mass is 32.2. The van der Waals surface area contributed by atoms with Crippen LogP contribution in [0, 0.1) is 0 Å². The van der Waals surface area contributed by atoms with Gasteiger partial charge in [-0.3, -0.25) is 0 Å². The van der Waals surface area contributed by atoms with E-state index in [1.807, 2.05) is 36.0 Å². The van der Waals surface area contributed by atoms with Gasteiger partial charge < -0.3 is 14.8 Å². The normalized spacial score (nSPS) is 30.4. The summed E-state index contributed by atoms with van der Waals surface area (Å²) in [6.07, 6.45) is 1.38. The summed E-state index contributed by atoms with van der Waals surface area (Å²) in [5.74, 6) is 2.99. The van der Waals surface area contributed by atoms with E-state index in [1.165, 1.54) is 12.2 Å². The van der Waals surface area contributed by atoms with Crippen molar-refractivity contribution in [2.75, 3.05) is 18.9 Å². The van der Waals surface area contributed by atoms with Crippen molar-refractivity contribution in [1.82, 2.24) is 5.32 Å². The van der Waals surface area contributed by atoms with Crippen molar-refractivity contribution < 1.29 is 9.47 Å². The highest BCUT2D eigenvalue weighted by molar-refractivity contribution is 8.00. The lowest BCUT2D eigenvalue weighted by molar-refractivity contribution is 0.0882. The number of fused-ring (bicyclic) bond motifs is 1. The number of rotatable bonds is 3. The number of nitrogens with one attached hydrogen (secondary N) is 1. The van der Waals surface area contributed by atoms with Crippen LogP contribution in [0.15, 0.2) is 24.3 Å². The molecule has 3 atom stereocenters. The van der Waals surface area contributed by atoms with E-state index in [-0.39, 0.29) is 6.10 Å². The Kier molecular flexibility index (Phi) is 3.66. The summed E-state index contributed by atoms with van der Waals surface area (Å²) in [6, 6.07) is 8.49. The molecule has 1 aromatic rings. The number of benzene rings is 1. The van der Waals surface area contributed by atoms with Crippen LogP contribution in [-0.2, 0) is 0 Å². The lowest BCUT2D eigenvalue weighted by Crippen LogP contribution is -2.44. The third-order valence-electron chi connectivity index (χ3n) is 3.55. The van der Waals surface area contributed by atoms with E-state index in [2.05, 4.69) is 12.2 Å². The summed E-state index contributed by atoms with van der Waals surface area (Å²) >= 11 is 2.05. The van der Waals surface area contributed by atoms with Gasteiger partial charge in [-0.15, -0.1) is 0 Å². The van der Waals surface area contributed by atoms with E-state index < -0.39 is 0 Å². The first kappa shape index (κ1) is 12.2. The molecule has 3 nitrogen and oxygen atoms in total. The first-order valence-electron chi connectivity index (χ1n) is 6.56. The minimum Gasteiger partial charge on any atom is -0.486 e. The lowest BCUT2D eigenvalue weighted by Gasteiger charge is -2.28. The summed E-state index contributed by atoms with van der Waals surface area (Å²) in [6.45, 7) is 3.80. The Balaban J connectivity index is 1.53. The van der Waals surface area contributed by atoms with Gasteiger partial charge in [-0.05, 0) is 24.3 Å². The molecule has 0 amide bonds. The van der Waals surface area contributed by atoms with Gasteiger partial charge in [0.05, 0.1) is 0 Å². The molecule has 3 rings (SSSR count). The average molecular weight is 265 g/mol. The molecule has 0 aliphatic carbocycles. The standard InChI is InChI=1S/C14H19NO2S/c1-10-12(6-7-18-10)15-8-11-9-16-13-4-2-3-5-14(13)17-11/h2-5,10-12,15H,6-9H2,1H3. The largest absolute Gasteiger partial charge is 0.486 e. The van der Waals surface area contributed by atoms with Crippen LogP contribution in [0.25, 0.3) is 0 Å². The second-order valence-corrected chi connectivity index (χ2v) is 6.36. The van der Waals surface area contributed by atoms with Gasteiger partial charge in [-0.2, -0.15) is 11.8 Å². The first-order valence-corrected chi connectivity index (χ1v) is 7.61. The predicted molar refractivity (Wildman–Crippen MR) is 74.7 cm³/mol. The lowest BCUT2D eigenvalue weighted by atomic mass is 10.1. The van der Waals surface area contributed by atoms with Crippen LogP contribution in [-0.4, -0.2) is 36.3 Å². The molecule has 4 heteroatoms. The van der Waals surface area contributed by atoms with Gasteiger partial charge >= 0.3 is 0 Å². The maximum absolute atomic E-state index is 5.93. The van der Waals surface area contributed by atoms with Crippen molar-refractivity contribution >= 4 is 11.8 Å². The Morgan fingerprint density at radius 3 is 2.94 bits per heavy atom. The van der Waals surface area contributed by atoms with Crippen LogP contribution in [0.3, 0.4) is 0 Å². The molecule has 2 aliphatic rings. The third kappa shape index (κ3) is 2.59. The van der Waals surface area contributed by atoms with Crippen molar-refractivity contribution in [2.24, 2.45) is 0 Å². The van der Waals surface area contributed by atoms with E-state index in [9.17, 15) is 0 Å². The maximum atomic E-state index is 5.93. The highest BCUT2D eigenvalue weighted by Crippen LogP contribution is 2.31. The van der Waals surface area contributed by atoms with E-state index >= 15 is 0 Å². The Morgan fingerprint density at radius 2 is 2.17 bits per heavy atom. The molecule has 0 aromatic heterocycles. The van der Waals surface area contributed by atoms with Crippen LogP contribution in [0.2, 0.25) is 0 Å². The highest BCUT2D eigenvalue weighted by Gasteiger charge is 2.26. The van der Waals surface area contributed by atoms with Gasteiger partial charge in [-0.1, -0.05) is 19.1 Å². The Hall–Kier alpha value is -0.870. The summed E-state index contributed by atoms with van der Waals surface area (Å²) in [4.78, 5) is 0. The summed E-state index contributed by atoms with van der Waals surface area (Å²) in [5, 5.41) is 4.32. The Bertz CT molecular complexity index is 413. The van der Waals surface area contributed by atoms with Gasteiger partial charge in [0.15, 0.2) is 11.5 Å². The molecular weight excluding hydrogens is 246 g/mol. The second-order valence-electron chi connectivity index (χ2n) is 4.88. The zero-order valence-corrected chi connectivity index (χ0v) is 11.4. The van der Waals surface area contributed by atoms with Gasteiger partial charge in [0, 0.05) is 17.8 Å². The molecule has 98 valence electrons. The zero-order valence-electron chi connectivity index (χ0n) is 10.6. The van der Waals surface area contributed by atoms with Gasteiger partial charge in [0.1, 0.15) is 12.7 Å². The molecule has 1 fully saturated rings. The number of para-hydroxylation sites is 2. The molecule has 0 saturated carbocycles. The van der Waals surface area contributed by atoms with Crippen LogP contribution in [0.5, 0.6) is 11.5 Å². The van der Waals surface area contributed by atoms with Crippen molar-refractivity contribution in [3.63, 3.8) is 0 Å². The van der Waals surface area contributed by atoms with Gasteiger partial charge in [-0.25, -0.2) is 0 Å². The van der Waals surface area contributed by atoms with Crippen LogP contribution in [0.4, 0.5) is 0 Å². The van der Waals surface area contributed by atoms with Crippen LogP contribution < -0.4 is 14.8 Å². The molecule has 0 radical (unpaired) electrons. The van der Waals surface area contributed by atoms with Crippen molar-refractivity contribution in [2.45, 2.75) is 30.7 Å². The average Bonchev–Trinajstić information content (AvgIpc) is 2.82. The molecule has 18 heavy (non-hydrogen) atoms. The quantitative estimate of drug-likeness (QED) is 0.908. The maximum Gasteiger partial charge on any atom is 0.161 e. The minimum atomic E-state index is 0.123.